The lowest BCUT2D eigenvalue weighted by molar-refractivity contribution is 0.0730. The fourth-order valence-corrected chi connectivity index (χ4v) is 4.98. The van der Waals surface area contributed by atoms with E-state index in [-0.39, 0.29) is 16.8 Å². The van der Waals surface area contributed by atoms with Gasteiger partial charge in [0.25, 0.3) is 5.91 Å². The van der Waals surface area contributed by atoms with Crippen LogP contribution >= 0.6 is 0 Å². The molecule has 1 aliphatic rings. The Morgan fingerprint density at radius 3 is 2.34 bits per heavy atom. The van der Waals surface area contributed by atoms with E-state index >= 15 is 0 Å². The van der Waals surface area contributed by atoms with Crippen LogP contribution in [-0.2, 0) is 14.8 Å². The van der Waals surface area contributed by atoms with Gasteiger partial charge in [-0.05, 0) is 55.7 Å². The van der Waals surface area contributed by atoms with Gasteiger partial charge in [-0.1, -0.05) is 30.7 Å². The SMILES string of the molecule is CC[C@@H](NC(=O)c1ccc(S(=O)(=O)N2CCOCC2)cc1)c1ccc(C)cc1C. The molecule has 1 saturated heterocycles. The highest BCUT2D eigenvalue weighted by atomic mass is 32.2. The lowest BCUT2D eigenvalue weighted by Crippen LogP contribution is -2.40. The Balaban J connectivity index is 1.74. The van der Waals surface area contributed by atoms with Gasteiger partial charge in [0.15, 0.2) is 0 Å². The van der Waals surface area contributed by atoms with Crippen molar-refractivity contribution in [3.05, 3.63) is 64.7 Å². The minimum atomic E-state index is -3.56. The van der Waals surface area contributed by atoms with Crippen LogP contribution in [0.2, 0.25) is 0 Å². The molecule has 1 heterocycles. The second-order valence-corrected chi connectivity index (χ2v) is 9.27. The van der Waals surface area contributed by atoms with E-state index in [9.17, 15) is 13.2 Å². The van der Waals surface area contributed by atoms with Gasteiger partial charge < -0.3 is 10.1 Å². The molecule has 7 heteroatoms. The number of nitrogens with one attached hydrogen (secondary N) is 1. The maximum absolute atomic E-state index is 12.7. The molecule has 1 atom stereocenters. The molecule has 1 N–H and O–H groups in total. The lowest BCUT2D eigenvalue weighted by Gasteiger charge is -2.26. The molecule has 29 heavy (non-hydrogen) atoms. The monoisotopic (exact) mass is 416 g/mol. The number of hydrogen-bond acceptors (Lipinski definition) is 4. The fraction of sp³-hybridized carbons (Fsp3) is 0.409. The lowest BCUT2D eigenvalue weighted by atomic mass is 9.97. The van der Waals surface area contributed by atoms with Crippen molar-refractivity contribution in [2.24, 2.45) is 0 Å². The van der Waals surface area contributed by atoms with Gasteiger partial charge in [0, 0.05) is 18.7 Å². The van der Waals surface area contributed by atoms with Crippen molar-refractivity contribution < 1.29 is 17.9 Å². The number of amides is 1. The standard InChI is InChI=1S/C22H28N2O4S/c1-4-21(20-10-5-16(2)15-17(20)3)23-22(25)18-6-8-19(9-7-18)29(26,27)24-11-13-28-14-12-24/h5-10,15,21H,4,11-14H2,1-3H3,(H,23,25)/t21-/m1/s1. The molecule has 0 saturated carbocycles. The predicted octanol–water partition coefficient (Wildman–Crippen LogP) is 3.21. The second-order valence-electron chi connectivity index (χ2n) is 7.34. The molecule has 6 nitrogen and oxygen atoms in total. The molecule has 1 aliphatic heterocycles. The Bertz CT molecular complexity index is 965. The van der Waals surface area contributed by atoms with Gasteiger partial charge in [-0.25, -0.2) is 8.42 Å². The zero-order valence-corrected chi connectivity index (χ0v) is 18.0. The number of sulfonamides is 1. The molecule has 0 aliphatic carbocycles. The number of aryl methyl sites for hydroxylation is 2. The van der Waals surface area contributed by atoms with Crippen molar-refractivity contribution >= 4 is 15.9 Å². The van der Waals surface area contributed by atoms with Crippen LogP contribution in [0.4, 0.5) is 0 Å². The first-order valence-corrected chi connectivity index (χ1v) is 11.3. The summed E-state index contributed by atoms with van der Waals surface area (Å²) in [6.07, 6.45) is 0.763. The molecule has 1 amide bonds. The van der Waals surface area contributed by atoms with E-state index in [1.807, 2.05) is 26.8 Å². The van der Waals surface area contributed by atoms with E-state index in [0.29, 0.717) is 31.9 Å². The minimum absolute atomic E-state index is 0.0974. The fourth-order valence-electron chi connectivity index (χ4n) is 3.57. The van der Waals surface area contributed by atoms with Gasteiger partial charge >= 0.3 is 0 Å². The molecule has 3 rings (SSSR count). The summed E-state index contributed by atoms with van der Waals surface area (Å²) >= 11 is 0. The first kappa shape index (κ1) is 21.5. The van der Waals surface area contributed by atoms with Crippen molar-refractivity contribution in [1.82, 2.24) is 9.62 Å². The third kappa shape index (κ3) is 4.86. The molecular weight excluding hydrogens is 388 g/mol. The summed E-state index contributed by atoms with van der Waals surface area (Å²) in [5.41, 5.74) is 3.86. The van der Waals surface area contributed by atoms with E-state index in [4.69, 9.17) is 4.74 Å². The van der Waals surface area contributed by atoms with Gasteiger partial charge in [-0.15, -0.1) is 0 Å². The molecule has 2 aromatic rings. The van der Waals surface area contributed by atoms with Gasteiger partial charge in [0.2, 0.25) is 10.0 Å². The average molecular weight is 417 g/mol. The number of carbonyl (C=O) groups excluding carboxylic acids is 1. The number of benzene rings is 2. The molecule has 0 spiro atoms. The largest absolute Gasteiger partial charge is 0.379 e. The highest BCUT2D eigenvalue weighted by Gasteiger charge is 2.26. The number of carbonyl (C=O) groups is 1. The summed E-state index contributed by atoms with van der Waals surface area (Å²) < 4.78 is 32.1. The van der Waals surface area contributed by atoms with E-state index in [1.54, 1.807) is 12.1 Å². The quantitative estimate of drug-likeness (QED) is 0.785. The van der Waals surface area contributed by atoms with Crippen LogP contribution in [0.15, 0.2) is 47.4 Å². The number of rotatable bonds is 6. The summed E-state index contributed by atoms with van der Waals surface area (Å²) in [5.74, 6) is -0.216. The molecule has 0 bridgehead atoms. The van der Waals surface area contributed by atoms with Crippen LogP contribution in [0, 0.1) is 13.8 Å². The third-order valence-electron chi connectivity index (χ3n) is 5.24. The minimum Gasteiger partial charge on any atom is -0.379 e. The number of hydrogen-bond donors (Lipinski definition) is 1. The van der Waals surface area contributed by atoms with Gasteiger partial charge in [0.05, 0.1) is 24.2 Å². The first-order chi connectivity index (χ1) is 13.8. The number of ether oxygens (including phenoxy) is 1. The number of nitrogens with zero attached hydrogens (tertiary/aromatic N) is 1. The van der Waals surface area contributed by atoms with Crippen molar-refractivity contribution in [3.8, 4) is 0 Å². The maximum atomic E-state index is 12.7. The summed E-state index contributed by atoms with van der Waals surface area (Å²) in [4.78, 5) is 12.9. The first-order valence-electron chi connectivity index (χ1n) is 9.89. The number of morpholine rings is 1. The molecule has 0 aromatic heterocycles. The molecular formula is C22H28N2O4S. The molecule has 0 unspecified atom stereocenters. The third-order valence-corrected chi connectivity index (χ3v) is 7.15. The van der Waals surface area contributed by atoms with E-state index in [1.165, 1.54) is 22.0 Å². The van der Waals surface area contributed by atoms with Crippen molar-refractivity contribution in [1.29, 1.82) is 0 Å². The topological polar surface area (TPSA) is 75.7 Å². The van der Waals surface area contributed by atoms with Gasteiger partial charge in [-0.2, -0.15) is 4.31 Å². The summed E-state index contributed by atoms with van der Waals surface area (Å²) in [5, 5.41) is 3.07. The van der Waals surface area contributed by atoms with E-state index in [2.05, 4.69) is 17.4 Å². The van der Waals surface area contributed by atoms with Crippen LogP contribution in [0.1, 0.15) is 46.4 Å². The molecule has 1 fully saturated rings. The highest BCUT2D eigenvalue weighted by Crippen LogP contribution is 2.23. The van der Waals surface area contributed by atoms with E-state index < -0.39 is 10.0 Å². The Kier molecular flexibility index (Phi) is 6.72. The van der Waals surface area contributed by atoms with Gasteiger partial charge in [0.1, 0.15) is 0 Å². The molecule has 2 aromatic carbocycles. The van der Waals surface area contributed by atoms with E-state index in [0.717, 1.165) is 17.5 Å². The van der Waals surface area contributed by atoms with Crippen LogP contribution < -0.4 is 5.32 Å². The van der Waals surface area contributed by atoms with Crippen LogP contribution in [0.5, 0.6) is 0 Å². The smallest absolute Gasteiger partial charge is 0.251 e. The Labute approximate surface area is 172 Å². The zero-order chi connectivity index (χ0) is 21.0. The summed E-state index contributed by atoms with van der Waals surface area (Å²) in [7, 11) is -3.56. The van der Waals surface area contributed by atoms with Crippen molar-refractivity contribution in [2.75, 3.05) is 26.3 Å². The average Bonchev–Trinajstić information content (AvgIpc) is 2.73. The van der Waals surface area contributed by atoms with Crippen molar-refractivity contribution in [2.45, 2.75) is 38.1 Å². The Morgan fingerprint density at radius 2 is 1.76 bits per heavy atom. The van der Waals surface area contributed by atoms with Crippen molar-refractivity contribution in [3.63, 3.8) is 0 Å². The molecule has 156 valence electrons. The highest BCUT2D eigenvalue weighted by molar-refractivity contribution is 7.89. The Hall–Kier alpha value is -2.22. The van der Waals surface area contributed by atoms with Crippen LogP contribution in [0.3, 0.4) is 0 Å². The molecule has 0 radical (unpaired) electrons. The predicted molar refractivity (Wildman–Crippen MR) is 112 cm³/mol. The Morgan fingerprint density at radius 1 is 1.10 bits per heavy atom. The zero-order valence-electron chi connectivity index (χ0n) is 17.1. The van der Waals surface area contributed by atoms with Gasteiger partial charge in [-0.3, -0.25) is 4.79 Å². The summed E-state index contributed by atoms with van der Waals surface area (Å²) in [6.45, 7) is 7.61. The second kappa shape index (κ2) is 9.07. The van der Waals surface area contributed by atoms with Crippen LogP contribution in [0.25, 0.3) is 0 Å². The summed E-state index contributed by atoms with van der Waals surface area (Å²) in [6, 6.07) is 12.2. The maximum Gasteiger partial charge on any atom is 0.251 e. The van der Waals surface area contributed by atoms with Crippen LogP contribution in [-0.4, -0.2) is 44.9 Å². The normalized spacial score (nSPS) is 16.4.